The Kier molecular flexibility index (Phi) is 3.17. The highest BCUT2D eigenvalue weighted by atomic mass is 19.1. The fraction of sp³-hybridized carbons (Fsp3) is 1.00. The first-order chi connectivity index (χ1) is 4.83. The van der Waals surface area contributed by atoms with Crippen LogP contribution in [0.1, 0.15) is 45.4 Å². The molecule has 0 aromatic heterocycles. The van der Waals surface area contributed by atoms with Crippen LogP contribution in [0.15, 0.2) is 0 Å². The molecule has 10 heavy (non-hydrogen) atoms. The highest BCUT2D eigenvalue weighted by molar-refractivity contribution is 4.71. The summed E-state index contributed by atoms with van der Waals surface area (Å²) in [6, 6.07) is 0. The lowest BCUT2D eigenvalue weighted by Gasteiger charge is -2.23. The van der Waals surface area contributed by atoms with Gasteiger partial charge in [0.05, 0.1) is 0 Å². The van der Waals surface area contributed by atoms with E-state index in [9.17, 15) is 4.39 Å². The van der Waals surface area contributed by atoms with Gasteiger partial charge in [-0.2, -0.15) is 0 Å². The van der Waals surface area contributed by atoms with Gasteiger partial charge in [-0.05, 0) is 18.8 Å². The molecule has 60 valence electrons. The second kappa shape index (κ2) is 3.95. The zero-order valence-corrected chi connectivity index (χ0v) is 6.78. The standard InChI is InChI=1S/C9H17F/c1-2-4-8-5-3-6-9(10)7-8/h8-9H,2-7H2,1H3. The molecule has 2 unspecified atom stereocenters. The molecule has 1 heteroatoms. The van der Waals surface area contributed by atoms with Crippen molar-refractivity contribution in [2.45, 2.75) is 51.6 Å². The quantitative estimate of drug-likeness (QED) is 0.557. The molecule has 0 aromatic carbocycles. The normalized spacial score (nSPS) is 34.2. The topological polar surface area (TPSA) is 0 Å². The van der Waals surface area contributed by atoms with Crippen LogP contribution >= 0.6 is 0 Å². The summed E-state index contributed by atoms with van der Waals surface area (Å²) < 4.78 is 12.8. The van der Waals surface area contributed by atoms with Gasteiger partial charge in [-0.1, -0.05) is 32.6 Å². The van der Waals surface area contributed by atoms with Crippen molar-refractivity contribution in [2.75, 3.05) is 0 Å². The first-order valence-electron chi connectivity index (χ1n) is 4.47. The van der Waals surface area contributed by atoms with Crippen LogP contribution < -0.4 is 0 Å². The lowest BCUT2D eigenvalue weighted by molar-refractivity contribution is 0.191. The number of alkyl halides is 1. The summed E-state index contributed by atoms with van der Waals surface area (Å²) in [4.78, 5) is 0. The lowest BCUT2D eigenvalue weighted by Crippen LogP contribution is -2.15. The minimum absolute atomic E-state index is 0.481. The molecule has 0 spiro atoms. The van der Waals surface area contributed by atoms with E-state index in [1.165, 1.54) is 19.3 Å². The average molecular weight is 144 g/mol. The van der Waals surface area contributed by atoms with Crippen molar-refractivity contribution in [1.29, 1.82) is 0 Å². The second-order valence-electron chi connectivity index (χ2n) is 3.42. The third-order valence-corrected chi connectivity index (χ3v) is 2.42. The largest absolute Gasteiger partial charge is 0.247 e. The van der Waals surface area contributed by atoms with E-state index in [-0.39, 0.29) is 0 Å². The van der Waals surface area contributed by atoms with Crippen LogP contribution in [0.4, 0.5) is 4.39 Å². The van der Waals surface area contributed by atoms with Crippen LogP contribution in [-0.4, -0.2) is 6.17 Å². The van der Waals surface area contributed by atoms with Crippen LogP contribution in [-0.2, 0) is 0 Å². The van der Waals surface area contributed by atoms with Crippen LogP contribution in [0, 0.1) is 5.92 Å². The molecular formula is C9H17F. The van der Waals surface area contributed by atoms with Crippen molar-refractivity contribution in [2.24, 2.45) is 5.92 Å². The summed E-state index contributed by atoms with van der Waals surface area (Å²) in [6.45, 7) is 2.18. The Morgan fingerprint density at radius 3 is 2.80 bits per heavy atom. The molecule has 0 aliphatic heterocycles. The maximum absolute atomic E-state index is 12.8. The number of halogens is 1. The van der Waals surface area contributed by atoms with Gasteiger partial charge in [0.1, 0.15) is 6.17 Å². The van der Waals surface area contributed by atoms with Crippen LogP contribution in [0.2, 0.25) is 0 Å². The van der Waals surface area contributed by atoms with E-state index < -0.39 is 6.17 Å². The minimum Gasteiger partial charge on any atom is -0.247 e. The zero-order chi connectivity index (χ0) is 7.40. The third kappa shape index (κ3) is 2.28. The van der Waals surface area contributed by atoms with Crippen molar-refractivity contribution < 1.29 is 4.39 Å². The van der Waals surface area contributed by atoms with Gasteiger partial charge in [0.25, 0.3) is 0 Å². The monoisotopic (exact) mass is 144 g/mol. The van der Waals surface area contributed by atoms with Gasteiger partial charge in [0, 0.05) is 0 Å². The van der Waals surface area contributed by atoms with E-state index in [2.05, 4.69) is 6.92 Å². The fourth-order valence-corrected chi connectivity index (χ4v) is 1.90. The van der Waals surface area contributed by atoms with E-state index >= 15 is 0 Å². The molecule has 0 radical (unpaired) electrons. The van der Waals surface area contributed by atoms with E-state index in [0.29, 0.717) is 5.92 Å². The minimum atomic E-state index is -0.481. The molecule has 0 heterocycles. The summed E-state index contributed by atoms with van der Waals surface area (Å²) in [7, 11) is 0. The molecule has 1 aliphatic rings. The van der Waals surface area contributed by atoms with Crippen LogP contribution in [0.25, 0.3) is 0 Å². The molecule has 0 nitrogen and oxygen atoms in total. The van der Waals surface area contributed by atoms with Gasteiger partial charge in [0.2, 0.25) is 0 Å². The fourth-order valence-electron chi connectivity index (χ4n) is 1.90. The van der Waals surface area contributed by atoms with Crippen molar-refractivity contribution in [3.63, 3.8) is 0 Å². The Balaban J connectivity index is 2.18. The smallest absolute Gasteiger partial charge is 0.100 e. The molecule has 2 atom stereocenters. The third-order valence-electron chi connectivity index (χ3n) is 2.42. The van der Waals surface area contributed by atoms with Gasteiger partial charge in [-0.15, -0.1) is 0 Å². The van der Waals surface area contributed by atoms with Gasteiger partial charge < -0.3 is 0 Å². The van der Waals surface area contributed by atoms with Crippen LogP contribution in [0.5, 0.6) is 0 Å². The molecule has 1 rings (SSSR count). The number of hydrogen-bond acceptors (Lipinski definition) is 0. The predicted molar refractivity (Wildman–Crippen MR) is 41.8 cm³/mol. The highest BCUT2D eigenvalue weighted by Gasteiger charge is 2.19. The van der Waals surface area contributed by atoms with Crippen molar-refractivity contribution in [3.05, 3.63) is 0 Å². The van der Waals surface area contributed by atoms with E-state index in [1.807, 2.05) is 0 Å². The van der Waals surface area contributed by atoms with Gasteiger partial charge in [-0.3, -0.25) is 0 Å². The summed E-state index contributed by atoms with van der Waals surface area (Å²) in [5.74, 6) is 0.703. The first kappa shape index (κ1) is 8.03. The zero-order valence-electron chi connectivity index (χ0n) is 6.78. The van der Waals surface area contributed by atoms with Crippen molar-refractivity contribution in [1.82, 2.24) is 0 Å². The van der Waals surface area contributed by atoms with Crippen LogP contribution in [0.3, 0.4) is 0 Å². The maximum atomic E-state index is 12.8. The molecule has 0 aromatic rings. The van der Waals surface area contributed by atoms with E-state index in [4.69, 9.17) is 0 Å². The summed E-state index contributed by atoms with van der Waals surface area (Å²) in [5.41, 5.74) is 0. The Bertz CT molecular complexity index is 88.7. The van der Waals surface area contributed by atoms with Crippen molar-refractivity contribution in [3.8, 4) is 0 Å². The Morgan fingerprint density at radius 2 is 2.20 bits per heavy atom. The molecule has 1 saturated carbocycles. The van der Waals surface area contributed by atoms with Gasteiger partial charge in [-0.25, -0.2) is 4.39 Å². The molecule has 0 saturated heterocycles. The summed E-state index contributed by atoms with van der Waals surface area (Å²) >= 11 is 0. The van der Waals surface area contributed by atoms with Crippen molar-refractivity contribution >= 4 is 0 Å². The Hall–Kier alpha value is -0.0700. The molecule has 1 aliphatic carbocycles. The predicted octanol–water partition coefficient (Wildman–Crippen LogP) is 3.31. The van der Waals surface area contributed by atoms with E-state index in [1.54, 1.807) is 0 Å². The Labute approximate surface area is 62.8 Å². The van der Waals surface area contributed by atoms with Gasteiger partial charge >= 0.3 is 0 Å². The summed E-state index contributed by atoms with van der Waals surface area (Å²) in [5, 5.41) is 0. The number of hydrogen-bond donors (Lipinski definition) is 0. The summed E-state index contributed by atoms with van der Waals surface area (Å²) in [6.07, 6.45) is 6.02. The Morgan fingerprint density at radius 1 is 1.40 bits per heavy atom. The highest BCUT2D eigenvalue weighted by Crippen LogP contribution is 2.29. The number of rotatable bonds is 2. The SMILES string of the molecule is CCCC1CCCC(F)C1. The maximum Gasteiger partial charge on any atom is 0.100 e. The van der Waals surface area contributed by atoms with Gasteiger partial charge in [0.15, 0.2) is 0 Å². The molecule has 0 amide bonds. The molecular weight excluding hydrogens is 127 g/mol. The molecule has 0 N–H and O–H groups in total. The van der Waals surface area contributed by atoms with E-state index in [0.717, 1.165) is 19.3 Å². The lowest BCUT2D eigenvalue weighted by atomic mass is 9.85. The molecule has 0 bridgehead atoms. The average Bonchev–Trinajstić information content (AvgIpc) is 1.88. The molecule has 1 fully saturated rings. The second-order valence-corrected chi connectivity index (χ2v) is 3.42. The first-order valence-corrected chi connectivity index (χ1v) is 4.47.